The van der Waals surface area contributed by atoms with Gasteiger partial charge in [-0.1, -0.05) is 12.5 Å². The van der Waals surface area contributed by atoms with E-state index in [-0.39, 0.29) is 5.83 Å². The number of hydrogen-bond donors (Lipinski definition) is 0. The van der Waals surface area contributed by atoms with Gasteiger partial charge in [-0.2, -0.15) is 0 Å². The monoisotopic (exact) mass is 160 g/mol. The molecule has 2 heteroatoms. The SMILES string of the molecule is CC/C(F)=C\C(CF)=C(C)C. The van der Waals surface area contributed by atoms with Crippen LogP contribution in [0.5, 0.6) is 0 Å². The number of alkyl halides is 1. The van der Waals surface area contributed by atoms with E-state index >= 15 is 0 Å². The fraction of sp³-hybridized carbons (Fsp3) is 0.556. The molecule has 0 aromatic rings. The van der Waals surface area contributed by atoms with Gasteiger partial charge in [0.05, 0.1) is 5.83 Å². The lowest BCUT2D eigenvalue weighted by atomic mass is 10.1. The summed E-state index contributed by atoms with van der Waals surface area (Å²) in [6, 6.07) is 0. The minimum atomic E-state index is -0.588. The Morgan fingerprint density at radius 3 is 2.18 bits per heavy atom. The van der Waals surface area contributed by atoms with Crippen LogP contribution in [0, 0.1) is 0 Å². The quantitative estimate of drug-likeness (QED) is 0.554. The molecule has 0 atom stereocenters. The Bertz CT molecular complexity index is 174. The van der Waals surface area contributed by atoms with Crippen molar-refractivity contribution in [3.05, 3.63) is 23.0 Å². The van der Waals surface area contributed by atoms with Gasteiger partial charge in [-0.05, 0) is 31.9 Å². The normalized spacial score (nSPS) is 11.5. The van der Waals surface area contributed by atoms with Gasteiger partial charge in [-0.25, -0.2) is 8.78 Å². The number of hydrogen-bond acceptors (Lipinski definition) is 0. The second kappa shape index (κ2) is 5.05. The van der Waals surface area contributed by atoms with Gasteiger partial charge in [0.15, 0.2) is 0 Å². The Morgan fingerprint density at radius 1 is 1.36 bits per heavy atom. The van der Waals surface area contributed by atoms with Gasteiger partial charge in [-0.15, -0.1) is 0 Å². The van der Waals surface area contributed by atoms with Crippen molar-refractivity contribution in [3.8, 4) is 0 Å². The predicted octanol–water partition coefficient (Wildman–Crippen LogP) is 3.56. The second-order valence-electron chi connectivity index (χ2n) is 2.60. The molecule has 0 aliphatic carbocycles. The summed E-state index contributed by atoms with van der Waals surface area (Å²) >= 11 is 0. The fourth-order valence-electron chi connectivity index (χ4n) is 0.608. The van der Waals surface area contributed by atoms with Crippen molar-refractivity contribution in [1.29, 1.82) is 0 Å². The summed E-state index contributed by atoms with van der Waals surface area (Å²) in [5.41, 5.74) is 1.28. The van der Waals surface area contributed by atoms with Gasteiger partial charge in [0.2, 0.25) is 0 Å². The first-order valence-electron chi connectivity index (χ1n) is 3.70. The van der Waals surface area contributed by atoms with Crippen LogP contribution in [0.1, 0.15) is 27.2 Å². The smallest absolute Gasteiger partial charge is 0.115 e. The largest absolute Gasteiger partial charge is 0.246 e. The molecule has 0 heterocycles. The lowest BCUT2D eigenvalue weighted by molar-refractivity contribution is 0.541. The van der Waals surface area contributed by atoms with Crippen LogP contribution in [0.4, 0.5) is 8.78 Å². The number of allylic oxidation sites excluding steroid dienone is 4. The lowest BCUT2D eigenvalue weighted by Crippen LogP contribution is -1.85. The van der Waals surface area contributed by atoms with Crippen molar-refractivity contribution >= 4 is 0 Å². The molecule has 0 radical (unpaired) electrons. The molecule has 0 aliphatic rings. The molecular weight excluding hydrogens is 146 g/mol. The van der Waals surface area contributed by atoms with E-state index in [0.717, 1.165) is 5.57 Å². The maximum absolute atomic E-state index is 12.6. The van der Waals surface area contributed by atoms with Crippen molar-refractivity contribution in [3.63, 3.8) is 0 Å². The third-order valence-corrected chi connectivity index (χ3v) is 1.45. The minimum absolute atomic E-state index is 0.265. The second-order valence-corrected chi connectivity index (χ2v) is 2.60. The molecule has 0 saturated carbocycles. The van der Waals surface area contributed by atoms with Crippen molar-refractivity contribution in [2.24, 2.45) is 0 Å². The standard InChI is InChI=1S/C9H14F2/c1-4-9(11)5-8(6-10)7(2)3/h5H,4,6H2,1-3H3/b9-5+. The third kappa shape index (κ3) is 3.91. The van der Waals surface area contributed by atoms with Gasteiger partial charge >= 0.3 is 0 Å². The molecule has 11 heavy (non-hydrogen) atoms. The summed E-state index contributed by atoms with van der Waals surface area (Å²) in [5, 5.41) is 0. The Morgan fingerprint density at radius 2 is 1.91 bits per heavy atom. The fourth-order valence-corrected chi connectivity index (χ4v) is 0.608. The summed E-state index contributed by atoms with van der Waals surface area (Å²) in [6.07, 6.45) is 1.60. The zero-order valence-electron chi connectivity index (χ0n) is 7.25. The Kier molecular flexibility index (Phi) is 4.75. The molecule has 0 amide bonds. The Labute approximate surface area is 66.6 Å². The molecule has 0 nitrogen and oxygen atoms in total. The minimum Gasteiger partial charge on any atom is -0.246 e. The van der Waals surface area contributed by atoms with Crippen molar-refractivity contribution in [1.82, 2.24) is 0 Å². The molecule has 0 fully saturated rings. The van der Waals surface area contributed by atoms with Crippen LogP contribution in [0.2, 0.25) is 0 Å². The average molecular weight is 160 g/mol. The van der Waals surface area contributed by atoms with E-state index < -0.39 is 6.67 Å². The van der Waals surface area contributed by atoms with Gasteiger partial charge in [0, 0.05) is 0 Å². The molecule has 0 saturated heterocycles. The van der Waals surface area contributed by atoms with E-state index in [2.05, 4.69) is 0 Å². The maximum atomic E-state index is 12.6. The van der Waals surface area contributed by atoms with Crippen molar-refractivity contribution < 1.29 is 8.78 Å². The Balaban J connectivity index is 4.44. The molecule has 0 aromatic carbocycles. The topological polar surface area (TPSA) is 0 Å². The number of rotatable bonds is 3. The maximum Gasteiger partial charge on any atom is 0.115 e. The zero-order chi connectivity index (χ0) is 8.85. The van der Waals surface area contributed by atoms with Crippen molar-refractivity contribution in [2.45, 2.75) is 27.2 Å². The van der Waals surface area contributed by atoms with E-state index in [1.165, 1.54) is 6.08 Å². The van der Waals surface area contributed by atoms with Crippen LogP contribution in [0.15, 0.2) is 23.0 Å². The first-order valence-corrected chi connectivity index (χ1v) is 3.70. The highest BCUT2D eigenvalue weighted by atomic mass is 19.1. The van der Waals surface area contributed by atoms with Crippen LogP contribution >= 0.6 is 0 Å². The van der Waals surface area contributed by atoms with E-state index in [0.29, 0.717) is 12.0 Å². The number of halogens is 2. The molecule has 0 spiro atoms. The Hall–Kier alpha value is -0.660. The first-order chi connectivity index (χ1) is 5.11. The van der Waals surface area contributed by atoms with Gasteiger partial charge in [0.1, 0.15) is 6.67 Å². The molecule has 0 rings (SSSR count). The molecule has 0 bridgehead atoms. The molecule has 64 valence electrons. The van der Waals surface area contributed by atoms with E-state index in [1.807, 2.05) is 0 Å². The highest BCUT2D eigenvalue weighted by Crippen LogP contribution is 2.11. The summed E-state index contributed by atoms with van der Waals surface area (Å²) < 4.78 is 24.7. The van der Waals surface area contributed by atoms with Crippen LogP contribution in [-0.4, -0.2) is 6.67 Å². The summed E-state index contributed by atoms with van der Waals surface area (Å²) in [5.74, 6) is -0.265. The summed E-state index contributed by atoms with van der Waals surface area (Å²) in [4.78, 5) is 0. The highest BCUT2D eigenvalue weighted by Gasteiger charge is 1.97. The predicted molar refractivity (Wildman–Crippen MR) is 43.8 cm³/mol. The average Bonchev–Trinajstić information content (AvgIpc) is 1.99. The van der Waals surface area contributed by atoms with Gasteiger partial charge in [-0.3, -0.25) is 0 Å². The third-order valence-electron chi connectivity index (χ3n) is 1.45. The first kappa shape index (κ1) is 10.3. The zero-order valence-corrected chi connectivity index (χ0v) is 7.25. The highest BCUT2D eigenvalue weighted by molar-refractivity contribution is 5.25. The van der Waals surface area contributed by atoms with Crippen molar-refractivity contribution in [2.75, 3.05) is 6.67 Å². The molecule has 0 unspecified atom stereocenters. The molecule has 0 N–H and O–H groups in total. The van der Waals surface area contributed by atoms with Gasteiger partial charge in [0.25, 0.3) is 0 Å². The molecule has 0 aliphatic heterocycles. The molecular formula is C9H14F2. The van der Waals surface area contributed by atoms with Crippen LogP contribution in [0.25, 0.3) is 0 Å². The van der Waals surface area contributed by atoms with E-state index in [1.54, 1.807) is 20.8 Å². The summed E-state index contributed by atoms with van der Waals surface area (Å²) in [6.45, 7) is 4.66. The summed E-state index contributed by atoms with van der Waals surface area (Å²) in [7, 11) is 0. The van der Waals surface area contributed by atoms with Gasteiger partial charge < -0.3 is 0 Å². The van der Waals surface area contributed by atoms with E-state index in [4.69, 9.17) is 0 Å². The van der Waals surface area contributed by atoms with Crippen LogP contribution < -0.4 is 0 Å². The van der Waals surface area contributed by atoms with E-state index in [9.17, 15) is 8.78 Å². The van der Waals surface area contributed by atoms with Crippen LogP contribution in [-0.2, 0) is 0 Å². The molecule has 0 aromatic heterocycles. The van der Waals surface area contributed by atoms with Crippen LogP contribution in [0.3, 0.4) is 0 Å². The lowest BCUT2D eigenvalue weighted by Gasteiger charge is -1.98.